The van der Waals surface area contributed by atoms with Crippen molar-refractivity contribution in [3.8, 4) is 5.75 Å². The van der Waals surface area contributed by atoms with Crippen LogP contribution in [0, 0.1) is 0 Å². The van der Waals surface area contributed by atoms with Gasteiger partial charge in [0.25, 0.3) is 0 Å². The van der Waals surface area contributed by atoms with Crippen molar-refractivity contribution in [2.45, 2.75) is 12.8 Å². The Hall–Kier alpha value is -1.28. The van der Waals surface area contributed by atoms with Crippen molar-refractivity contribution >= 4 is 0 Å². The molecule has 0 heterocycles. The summed E-state index contributed by atoms with van der Waals surface area (Å²) in [5.74, 6) is 0.912. The number of hydrogen-bond acceptors (Lipinski definition) is 2. The largest absolute Gasteiger partial charge is 0.497 e. The van der Waals surface area contributed by atoms with Gasteiger partial charge in [0.1, 0.15) is 5.75 Å². The Morgan fingerprint density at radius 1 is 1.36 bits per heavy atom. The van der Waals surface area contributed by atoms with Crippen LogP contribution in [0.5, 0.6) is 5.75 Å². The van der Waals surface area contributed by atoms with Gasteiger partial charge in [0.15, 0.2) is 0 Å². The van der Waals surface area contributed by atoms with Crippen LogP contribution < -0.4 is 10.5 Å². The summed E-state index contributed by atoms with van der Waals surface area (Å²) in [6.45, 7) is 0.717. The standard InChI is InChI=1S/C12H17NO/c1-14-12-8-5-7-11(10-12)6-3-2-4-9-13/h2-3,5,7-8,10H,4,6,9,13H2,1H3. The predicted molar refractivity (Wildman–Crippen MR) is 59.5 cm³/mol. The average Bonchev–Trinajstić information content (AvgIpc) is 2.25. The van der Waals surface area contributed by atoms with Gasteiger partial charge in [-0.1, -0.05) is 24.3 Å². The van der Waals surface area contributed by atoms with E-state index in [0.29, 0.717) is 6.54 Å². The zero-order valence-corrected chi connectivity index (χ0v) is 8.57. The lowest BCUT2D eigenvalue weighted by Gasteiger charge is -2.01. The lowest BCUT2D eigenvalue weighted by atomic mass is 10.1. The van der Waals surface area contributed by atoms with Crippen molar-refractivity contribution in [1.82, 2.24) is 0 Å². The number of hydrogen-bond donors (Lipinski definition) is 1. The molecule has 0 aliphatic carbocycles. The van der Waals surface area contributed by atoms with Crippen LogP contribution in [0.4, 0.5) is 0 Å². The van der Waals surface area contributed by atoms with E-state index in [1.54, 1.807) is 7.11 Å². The van der Waals surface area contributed by atoms with Crippen LogP contribution in [0.1, 0.15) is 12.0 Å². The first kappa shape index (κ1) is 10.8. The minimum atomic E-state index is 0.717. The van der Waals surface area contributed by atoms with E-state index in [9.17, 15) is 0 Å². The van der Waals surface area contributed by atoms with Crippen LogP contribution in [0.2, 0.25) is 0 Å². The number of methoxy groups -OCH3 is 1. The molecule has 0 atom stereocenters. The summed E-state index contributed by atoms with van der Waals surface area (Å²) in [6, 6.07) is 8.10. The predicted octanol–water partition coefficient (Wildman–Crippen LogP) is 2.14. The van der Waals surface area contributed by atoms with Crippen molar-refractivity contribution in [3.63, 3.8) is 0 Å². The molecule has 0 aliphatic heterocycles. The van der Waals surface area contributed by atoms with Gasteiger partial charge >= 0.3 is 0 Å². The fourth-order valence-corrected chi connectivity index (χ4v) is 1.23. The smallest absolute Gasteiger partial charge is 0.119 e. The first-order valence-corrected chi connectivity index (χ1v) is 4.85. The van der Waals surface area contributed by atoms with E-state index < -0.39 is 0 Å². The molecule has 0 fully saturated rings. The molecule has 0 unspecified atom stereocenters. The molecule has 0 saturated carbocycles. The molecule has 2 N–H and O–H groups in total. The summed E-state index contributed by atoms with van der Waals surface area (Å²) in [5.41, 5.74) is 6.64. The van der Waals surface area contributed by atoms with Crippen molar-refractivity contribution in [1.29, 1.82) is 0 Å². The van der Waals surface area contributed by atoms with E-state index in [1.807, 2.05) is 18.2 Å². The second-order valence-corrected chi connectivity index (χ2v) is 3.10. The molecule has 1 aromatic rings. The third kappa shape index (κ3) is 3.62. The molecule has 1 rings (SSSR count). The van der Waals surface area contributed by atoms with Gasteiger partial charge in [0.2, 0.25) is 0 Å². The fraction of sp³-hybridized carbons (Fsp3) is 0.333. The van der Waals surface area contributed by atoms with Gasteiger partial charge in [-0.05, 0) is 37.1 Å². The number of benzene rings is 1. The minimum Gasteiger partial charge on any atom is -0.497 e. The highest BCUT2D eigenvalue weighted by molar-refractivity contribution is 5.29. The summed E-state index contributed by atoms with van der Waals surface area (Å²) in [7, 11) is 1.68. The van der Waals surface area contributed by atoms with Crippen molar-refractivity contribution in [2.24, 2.45) is 5.73 Å². The van der Waals surface area contributed by atoms with Gasteiger partial charge in [-0.3, -0.25) is 0 Å². The highest BCUT2D eigenvalue weighted by Crippen LogP contribution is 2.13. The Balaban J connectivity index is 2.50. The molecular weight excluding hydrogens is 174 g/mol. The molecule has 0 aliphatic rings. The topological polar surface area (TPSA) is 35.2 Å². The monoisotopic (exact) mass is 191 g/mol. The highest BCUT2D eigenvalue weighted by atomic mass is 16.5. The molecule has 0 radical (unpaired) electrons. The maximum Gasteiger partial charge on any atom is 0.119 e. The molecule has 0 spiro atoms. The van der Waals surface area contributed by atoms with E-state index >= 15 is 0 Å². The highest BCUT2D eigenvalue weighted by Gasteiger charge is 1.92. The third-order valence-electron chi connectivity index (χ3n) is 1.99. The van der Waals surface area contributed by atoms with E-state index in [2.05, 4.69) is 18.2 Å². The molecular formula is C12H17NO. The van der Waals surface area contributed by atoms with Crippen LogP contribution in [0.3, 0.4) is 0 Å². The first-order chi connectivity index (χ1) is 6.86. The molecule has 14 heavy (non-hydrogen) atoms. The second kappa shape index (κ2) is 6.22. The molecule has 0 amide bonds. The van der Waals surface area contributed by atoms with Gasteiger partial charge in [0, 0.05) is 0 Å². The van der Waals surface area contributed by atoms with Crippen molar-refractivity contribution < 1.29 is 4.74 Å². The Kier molecular flexibility index (Phi) is 4.79. The summed E-state index contributed by atoms with van der Waals surface area (Å²) < 4.78 is 5.14. The lowest BCUT2D eigenvalue weighted by molar-refractivity contribution is 0.414. The maximum absolute atomic E-state index is 5.38. The molecule has 1 aromatic carbocycles. The maximum atomic E-state index is 5.38. The van der Waals surface area contributed by atoms with Crippen LogP contribution >= 0.6 is 0 Å². The fourth-order valence-electron chi connectivity index (χ4n) is 1.23. The first-order valence-electron chi connectivity index (χ1n) is 4.85. The van der Waals surface area contributed by atoms with Gasteiger partial charge in [-0.2, -0.15) is 0 Å². The zero-order valence-electron chi connectivity index (χ0n) is 8.57. The van der Waals surface area contributed by atoms with Gasteiger partial charge in [-0.25, -0.2) is 0 Å². The molecule has 76 valence electrons. The quantitative estimate of drug-likeness (QED) is 0.724. The van der Waals surface area contributed by atoms with Gasteiger partial charge < -0.3 is 10.5 Å². The van der Waals surface area contributed by atoms with Crippen LogP contribution in [-0.2, 0) is 6.42 Å². The lowest BCUT2D eigenvalue weighted by Crippen LogP contribution is -1.95. The molecule has 2 nitrogen and oxygen atoms in total. The minimum absolute atomic E-state index is 0.717. The summed E-state index contributed by atoms with van der Waals surface area (Å²) in [5, 5.41) is 0. The van der Waals surface area contributed by atoms with E-state index in [-0.39, 0.29) is 0 Å². The van der Waals surface area contributed by atoms with Crippen molar-refractivity contribution in [2.75, 3.05) is 13.7 Å². The Morgan fingerprint density at radius 2 is 2.21 bits per heavy atom. The second-order valence-electron chi connectivity index (χ2n) is 3.10. The van der Waals surface area contributed by atoms with E-state index in [4.69, 9.17) is 10.5 Å². The Morgan fingerprint density at radius 3 is 2.93 bits per heavy atom. The Bertz CT molecular complexity index is 294. The van der Waals surface area contributed by atoms with E-state index in [0.717, 1.165) is 18.6 Å². The normalized spacial score (nSPS) is 10.7. The van der Waals surface area contributed by atoms with Crippen LogP contribution in [0.15, 0.2) is 36.4 Å². The van der Waals surface area contributed by atoms with Gasteiger partial charge in [-0.15, -0.1) is 0 Å². The van der Waals surface area contributed by atoms with E-state index in [1.165, 1.54) is 5.56 Å². The Labute approximate surface area is 85.4 Å². The summed E-state index contributed by atoms with van der Waals surface area (Å²) >= 11 is 0. The number of rotatable bonds is 5. The van der Waals surface area contributed by atoms with Crippen LogP contribution in [-0.4, -0.2) is 13.7 Å². The number of nitrogens with two attached hydrogens (primary N) is 1. The molecule has 0 aromatic heterocycles. The summed E-state index contributed by atoms with van der Waals surface area (Å²) in [4.78, 5) is 0. The SMILES string of the molecule is COc1cccc(CC=CCCN)c1. The van der Waals surface area contributed by atoms with Crippen LogP contribution in [0.25, 0.3) is 0 Å². The molecule has 2 heteroatoms. The average molecular weight is 191 g/mol. The zero-order chi connectivity index (χ0) is 10.2. The number of allylic oxidation sites excluding steroid dienone is 1. The third-order valence-corrected chi connectivity index (χ3v) is 1.99. The number of ether oxygens (including phenoxy) is 1. The van der Waals surface area contributed by atoms with Gasteiger partial charge in [0.05, 0.1) is 7.11 Å². The molecule has 0 bridgehead atoms. The summed E-state index contributed by atoms with van der Waals surface area (Å²) in [6.07, 6.45) is 6.14. The molecule has 0 saturated heterocycles. The van der Waals surface area contributed by atoms with Crippen molar-refractivity contribution in [3.05, 3.63) is 42.0 Å².